The van der Waals surface area contributed by atoms with E-state index in [9.17, 15) is 14.4 Å². The fraction of sp³-hybridized carbons (Fsp3) is 0.280. The molecule has 3 rings (SSSR count). The Bertz CT molecular complexity index is 1240. The number of anilines is 1. The molecule has 1 aromatic heterocycles. The first-order valence-corrected chi connectivity index (χ1v) is 11.1. The molecule has 0 saturated heterocycles. The van der Waals surface area contributed by atoms with E-state index in [0.717, 1.165) is 4.68 Å². The van der Waals surface area contributed by atoms with Gasteiger partial charge in [-0.15, -0.1) is 5.10 Å². The molecule has 1 amide bonds. The van der Waals surface area contributed by atoms with E-state index < -0.39 is 18.0 Å². The highest BCUT2D eigenvalue weighted by atomic mass is 16.5. The largest absolute Gasteiger partial charge is 0.488 e. The minimum Gasteiger partial charge on any atom is -0.488 e. The second kappa shape index (κ2) is 11.8. The lowest BCUT2D eigenvalue weighted by molar-refractivity contribution is 0.0526. The number of benzene rings is 2. The predicted octanol–water partition coefficient (Wildman–Crippen LogP) is 4.35. The molecule has 190 valence electrons. The van der Waals surface area contributed by atoms with Crippen LogP contribution < -0.4 is 14.8 Å². The number of esters is 1. The van der Waals surface area contributed by atoms with Crippen LogP contribution in [0.5, 0.6) is 17.2 Å². The van der Waals surface area contributed by atoms with Crippen molar-refractivity contribution < 1.29 is 38.4 Å². The summed E-state index contributed by atoms with van der Waals surface area (Å²) in [6.07, 6.45) is -1.57. The molecule has 0 aliphatic heterocycles. The number of rotatable bonds is 10. The van der Waals surface area contributed by atoms with Crippen molar-refractivity contribution in [1.29, 1.82) is 0 Å². The summed E-state index contributed by atoms with van der Waals surface area (Å²) in [5.74, 6) is 0.183. The third-order valence-corrected chi connectivity index (χ3v) is 4.79. The van der Waals surface area contributed by atoms with Crippen LogP contribution in [0.4, 0.5) is 10.6 Å². The van der Waals surface area contributed by atoms with Crippen molar-refractivity contribution in [1.82, 2.24) is 9.78 Å². The molecule has 3 aromatic rings. The van der Waals surface area contributed by atoms with Gasteiger partial charge in [-0.25, -0.2) is 9.59 Å². The highest BCUT2D eigenvalue weighted by Crippen LogP contribution is 2.29. The molecule has 0 radical (unpaired) electrons. The van der Waals surface area contributed by atoms with Crippen LogP contribution in [0.3, 0.4) is 0 Å². The van der Waals surface area contributed by atoms with Gasteiger partial charge < -0.3 is 29.4 Å². The van der Waals surface area contributed by atoms with Crippen molar-refractivity contribution in [2.75, 3.05) is 25.6 Å². The van der Waals surface area contributed by atoms with Crippen molar-refractivity contribution in [2.45, 2.75) is 26.9 Å². The molecule has 11 nitrogen and oxygen atoms in total. The maximum atomic E-state index is 13.0. The number of aryl methyl sites for hydroxylation is 1. The van der Waals surface area contributed by atoms with Gasteiger partial charge in [0, 0.05) is 30.5 Å². The van der Waals surface area contributed by atoms with E-state index in [-0.39, 0.29) is 24.1 Å². The molecule has 2 aromatic carbocycles. The van der Waals surface area contributed by atoms with Gasteiger partial charge in [0.15, 0.2) is 5.82 Å². The highest BCUT2D eigenvalue weighted by molar-refractivity contribution is 6.04. The van der Waals surface area contributed by atoms with Gasteiger partial charge in [-0.2, -0.15) is 4.68 Å². The number of nitrogens with zero attached hydrogens (tertiary/aromatic N) is 2. The lowest BCUT2D eigenvalue weighted by Gasteiger charge is -2.16. The molecule has 0 aliphatic carbocycles. The molecular formula is C25H27N3O8. The number of methoxy groups -OCH3 is 1. The molecule has 0 spiro atoms. The molecule has 11 heteroatoms. The van der Waals surface area contributed by atoms with E-state index in [2.05, 4.69) is 10.4 Å². The molecule has 0 bridgehead atoms. The number of carboxylic acid groups (broad SMARTS) is 1. The average molecular weight is 498 g/mol. The van der Waals surface area contributed by atoms with E-state index in [1.54, 1.807) is 51.3 Å². The van der Waals surface area contributed by atoms with Gasteiger partial charge in [-0.1, -0.05) is 0 Å². The van der Waals surface area contributed by atoms with Crippen LogP contribution in [0.1, 0.15) is 40.3 Å². The van der Waals surface area contributed by atoms with Crippen LogP contribution in [0.2, 0.25) is 0 Å². The van der Waals surface area contributed by atoms with Crippen molar-refractivity contribution >= 4 is 23.8 Å². The Labute approximate surface area is 207 Å². The minimum absolute atomic E-state index is 0.0796. The summed E-state index contributed by atoms with van der Waals surface area (Å²) in [5, 5.41) is 15.6. The fourth-order valence-corrected chi connectivity index (χ4v) is 3.26. The smallest absolute Gasteiger partial charge is 0.432 e. The van der Waals surface area contributed by atoms with Gasteiger partial charge in [-0.05, 0) is 57.2 Å². The topological polar surface area (TPSA) is 138 Å². The number of carbonyl (C=O) groups is 3. The highest BCUT2D eigenvalue weighted by Gasteiger charge is 2.16. The lowest BCUT2D eigenvalue weighted by atomic mass is 10.1. The van der Waals surface area contributed by atoms with E-state index in [0.29, 0.717) is 35.1 Å². The number of carbonyl (C=O) groups excluding carboxylic acids is 2. The van der Waals surface area contributed by atoms with Gasteiger partial charge in [-0.3, -0.25) is 4.79 Å². The summed E-state index contributed by atoms with van der Waals surface area (Å²) in [7, 11) is 1.55. The number of ether oxygens (including phenoxy) is 4. The average Bonchev–Trinajstić information content (AvgIpc) is 3.19. The molecule has 2 N–H and O–H groups in total. The van der Waals surface area contributed by atoms with Crippen molar-refractivity contribution in [3.63, 3.8) is 0 Å². The van der Waals surface area contributed by atoms with Gasteiger partial charge in [0.2, 0.25) is 0 Å². The number of amides is 1. The first-order chi connectivity index (χ1) is 17.2. The Kier molecular flexibility index (Phi) is 8.63. The molecule has 0 unspecified atom stereocenters. The lowest BCUT2D eigenvalue weighted by Crippen LogP contribution is -2.19. The van der Waals surface area contributed by atoms with Gasteiger partial charge >= 0.3 is 12.1 Å². The van der Waals surface area contributed by atoms with Gasteiger partial charge in [0.1, 0.15) is 23.4 Å². The van der Waals surface area contributed by atoms with Gasteiger partial charge in [0.05, 0.1) is 18.8 Å². The van der Waals surface area contributed by atoms with Crippen LogP contribution >= 0.6 is 0 Å². The molecule has 1 atom stereocenters. The summed E-state index contributed by atoms with van der Waals surface area (Å²) in [4.78, 5) is 36.0. The predicted molar refractivity (Wildman–Crippen MR) is 129 cm³/mol. The Hall–Kier alpha value is -4.38. The zero-order valence-corrected chi connectivity index (χ0v) is 20.3. The Balaban J connectivity index is 1.86. The number of hydrogen-bond acceptors (Lipinski definition) is 8. The number of aromatic nitrogens is 2. The Morgan fingerprint density at radius 1 is 1.03 bits per heavy atom. The van der Waals surface area contributed by atoms with Crippen LogP contribution in [0.25, 0.3) is 0 Å². The first kappa shape index (κ1) is 26.2. The SMILES string of the molecule is CCOC(=O)c1ccc(Oc2cc(O[C@@H](C)COC)cc(C(=O)Nc3cc(C)n(C(=O)O)n3)c2)cc1. The van der Waals surface area contributed by atoms with Crippen molar-refractivity contribution in [2.24, 2.45) is 0 Å². The van der Waals surface area contributed by atoms with E-state index in [1.807, 2.05) is 6.92 Å². The van der Waals surface area contributed by atoms with Gasteiger partial charge in [0.25, 0.3) is 5.91 Å². The molecule has 36 heavy (non-hydrogen) atoms. The first-order valence-electron chi connectivity index (χ1n) is 11.1. The number of nitrogens with one attached hydrogen (secondary N) is 1. The minimum atomic E-state index is -1.26. The maximum Gasteiger partial charge on any atom is 0.432 e. The van der Waals surface area contributed by atoms with E-state index >= 15 is 0 Å². The Morgan fingerprint density at radius 2 is 1.72 bits per heavy atom. The Morgan fingerprint density at radius 3 is 2.33 bits per heavy atom. The normalized spacial score (nSPS) is 11.4. The summed E-state index contributed by atoms with van der Waals surface area (Å²) in [6, 6.07) is 12.4. The van der Waals surface area contributed by atoms with Crippen LogP contribution in [-0.2, 0) is 9.47 Å². The van der Waals surface area contributed by atoms with Crippen LogP contribution in [0.15, 0.2) is 48.5 Å². The second-order valence-corrected chi connectivity index (χ2v) is 7.74. The zero-order valence-electron chi connectivity index (χ0n) is 20.3. The van der Waals surface area contributed by atoms with E-state index in [4.69, 9.17) is 24.1 Å². The summed E-state index contributed by atoms with van der Waals surface area (Å²) in [6.45, 7) is 5.69. The molecular weight excluding hydrogens is 470 g/mol. The second-order valence-electron chi connectivity index (χ2n) is 7.74. The molecule has 1 heterocycles. The standard InChI is InChI=1S/C25H27N3O8/c1-5-34-24(30)17-6-8-19(9-7-17)36-21-12-18(11-20(13-21)35-16(3)14-33-4)23(29)26-22-10-15(2)28(27-22)25(31)32/h6-13,16H,5,14H2,1-4H3,(H,31,32)(H,26,27,29)/t16-/m0/s1. The monoisotopic (exact) mass is 497 g/mol. The maximum absolute atomic E-state index is 13.0. The molecule has 0 fully saturated rings. The van der Waals surface area contributed by atoms with E-state index in [1.165, 1.54) is 18.2 Å². The third-order valence-electron chi connectivity index (χ3n) is 4.79. The molecule has 0 saturated carbocycles. The van der Waals surface area contributed by atoms with Crippen LogP contribution in [0, 0.1) is 6.92 Å². The number of hydrogen-bond donors (Lipinski definition) is 2. The third kappa shape index (κ3) is 6.83. The van der Waals surface area contributed by atoms with Crippen molar-refractivity contribution in [3.8, 4) is 17.2 Å². The quantitative estimate of drug-likeness (QED) is 0.391. The molecule has 0 aliphatic rings. The zero-order chi connectivity index (χ0) is 26.2. The summed E-state index contributed by atoms with van der Waals surface area (Å²) >= 11 is 0. The fourth-order valence-electron chi connectivity index (χ4n) is 3.26. The summed E-state index contributed by atoms with van der Waals surface area (Å²) in [5.41, 5.74) is 0.919. The van der Waals surface area contributed by atoms with Crippen LogP contribution in [-0.4, -0.2) is 59.3 Å². The van der Waals surface area contributed by atoms with Crippen molar-refractivity contribution in [3.05, 3.63) is 65.4 Å². The summed E-state index contributed by atoms with van der Waals surface area (Å²) < 4.78 is 22.6.